The minimum absolute atomic E-state index is 0.237. The van der Waals surface area contributed by atoms with Crippen molar-refractivity contribution >= 4 is 22.6 Å². The second kappa shape index (κ2) is 11.1. The van der Waals surface area contributed by atoms with Gasteiger partial charge in [0.05, 0.1) is 0 Å². The molecule has 1 atom stereocenters. The van der Waals surface area contributed by atoms with E-state index in [4.69, 9.17) is 4.74 Å². The topological polar surface area (TPSA) is 87.7 Å². The van der Waals surface area contributed by atoms with Gasteiger partial charge in [0.2, 0.25) is 5.91 Å². The number of nitrogens with one attached hydrogen (secondary N) is 2. The van der Waals surface area contributed by atoms with Crippen LogP contribution in [0, 0.1) is 5.92 Å². The van der Waals surface area contributed by atoms with Crippen LogP contribution in [0.1, 0.15) is 22.3 Å². The van der Waals surface area contributed by atoms with E-state index >= 15 is 0 Å². The van der Waals surface area contributed by atoms with Crippen molar-refractivity contribution in [3.8, 4) is 11.5 Å². The van der Waals surface area contributed by atoms with E-state index in [2.05, 4.69) is 5.32 Å². The molecule has 3 N–H and O–H groups in total. The van der Waals surface area contributed by atoms with Crippen LogP contribution in [0.25, 0.3) is 10.8 Å². The summed E-state index contributed by atoms with van der Waals surface area (Å²) in [6, 6.07) is 30.2. The Morgan fingerprint density at radius 1 is 0.794 bits per heavy atom. The number of carbonyl (C=O) groups excluding carboxylic acids is 2. The Morgan fingerprint density at radius 2 is 1.47 bits per heavy atom. The molecule has 0 bridgehead atoms. The first kappa shape index (κ1) is 23.0. The highest BCUT2D eigenvalue weighted by molar-refractivity contribution is 5.94. The molecule has 0 aliphatic rings. The number of hydrogen-bond acceptors (Lipinski definition) is 4. The second-order valence-corrected chi connectivity index (χ2v) is 8.00. The summed E-state index contributed by atoms with van der Waals surface area (Å²) in [7, 11) is 0. The Hall–Kier alpha value is -4.16. The van der Waals surface area contributed by atoms with Crippen LogP contribution in [0.5, 0.6) is 11.5 Å². The summed E-state index contributed by atoms with van der Waals surface area (Å²) < 4.78 is 5.75. The van der Waals surface area contributed by atoms with Crippen LogP contribution in [0.15, 0.2) is 97.1 Å². The molecule has 0 saturated heterocycles. The van der Waals surface area contributed by atoms with E-state index < -0.39 is 11.8 Å². The highest BCUT2D eigenvalue weighted by Crippen LogP contribution is 2.23. The molecule has 4 rings (SSSR count). The average molecular weight is 455 g/mol. The summed E-state index contributed by atoms with van der Waals surface area (Å²) in [4.78, 5) is 24.9. The van der Waals surface area contributed by atoms with Crippen molar-refractivity contribution in [2.24, 2.45) is 5.92 Å². The zero-order chi connectivity index (χ0) is 23.8. The van der Waals surface area contributed by atoms with Crippen molar-refractivity contribution in [2.45, 2.75) is 12.8 Å². The molecule has 0 saturated carbocycles. The third kappa shape index (κ3) is 5.79. The number of rotatable bonds is 9. The highest BCUT2D eigenvalue weighted by Gasteiger charge is 2.20. The molecule has 2 amide bonds. The SMILES string of the molecule is O=C(NCCC(Cc1cccc2ccccc12)C(=O)NO)c1ccc(Oc2ccccc2)cc1. The van der Waals surface area contributed by atoms with Gasteiger partial charge in [-0.3, -0.25) is 14.8 Å². The molecule has 0 aliphatic heterocycles. The summed E-state index contributed by atoms with van der Waals surface area (Å²) in [5.74, 6) is 0.165. The number of ether oxygens (including phenoxy) is 1. The van der Waals surface area contributed by atoms with E-state index in [1.165, 1.54) is 0 Å². The number of amides is 2. The molecule has 6 nitrogen and oxygen atoms in total. The van der Waals surface area contributed by atoms with Crippen LogP contribution >= 0.6 is 0 Å². The minimum Gasteiger partial charge on any atom is -0.457 e. The lowest BCUT2D eigenvalue weighted by Gasteiger charge is -2.17. The lowest BCUT2D eigenvalue weighted by molar-refractivity contribution is -0.133. The normalized spacial score (nSPS) is 11.6. The van der Waals surface area contributed by atoms with Crippen LogP contribution in [0.2, 0.25) is 0 Å². The molecule has 0 aromatic heterocycles. The number of carbonyl (C=O) groups is 2. The van der Waals surface area contributed by atoms with Crippen molar-refractivity contribution in [3.63, 3.8) is 0 Å². The molecule has 4 aromatic carbocycles. The second-order valence-electron chi connectivity index (χ2n) is 8.00. The molecule has 0 aliphatic carbocycles. The van der Waals surface area contributed by atoms with Gasteiger partial charge < -0.3 is 10.1 Å². The van der Waals surface area contributed by atoms with Crippen LogP contribution in [0.4, 0.5) is 0 Å². The number of fused-ring (bicyclic) bond motifs is 1. The van der Waals surface area contributed by atoms with Gasteiger partial charge in [-0.25, -0.2) is 5.48 Å². The molecule has 1 unspecified atom stereocenters. The fourth-order valence-corrected chi connectivity index (χ4v) is 3.91. The maximum absolute atomic E-state index is 12.6. The Morgan fingerprint density at radius 3 is 2.24 bits per heavy atom. The van der Waals surface area contributed by atoms with E-state index in [9.17, 15) is 14.8 Å². The summed E-state index contributed by atoms with van der Waals surface area (Å²) in [6.45, 7) is 0.296. The zero-order valence-corrected chi connectivity index (χ0v) is 18.6. The first-order valence-corrected chi connectivity index (χ1v) is 11.2. The lowest BCUT2D eigenvalue weighted by atomic mass is 9.92. The predicted molar refractivity (Wildman–Crippen MR) is 131 cm³/mol. The van der Waals surface area contributed by atoms with E-state index in [-0.39, 0.29) is 5.91 Å². The van der Waals surface area contributed by atoms with Crippen molar-refractivity contribution in [1.82, 2.24) is 10.8 Å². The van der Waals surface area contributed by atoms with E-state index in [1.54, 1.807) is 29.7 Å². The zero-order valence-electron chi connectivity index (χ0n) is 18.6. The Bertz CT molecular complexity index is 1250. The third-order valence-corrected chi connectivity index (χ3v) is 5.70. The molecule has 0 radical (unpaired) electrons. The molecule has 34 heavy (non-hydrogen) atoms. The maximum Gasteiger partial charge on any atom is 0.251 e. The number of benzene rings is 4. The number of hydroxylamine groups is 1. The third-order valence-electron chi connectivity index (χ3n) is 5.70. The van der Waals surface area contributed by atoms with Gasteiger partial charge in [0.25, 0.3) is 5.91 Å². The first-order valence-electron chi connectivity index (χ1n) is 11.2. The Balaban J connectivity index is 1.35. The first-order chi connectivity index (χ1) is 16.6. The molecule has 0 heterocycles. The predicted octanol–water partition coefficient (Wildman–Crippen LogP) is 5.12. The molecular formula is C28H26N2O4. The molecule has 4 aromatic rings. The van der Waals surface area contributed by atoms with Crippen LogP contribution in [-0.4, -0.2) is 23.6 Å². The number of hydrogen-bond donors (Lipinski definition) is 3. The molecule has 6 heteroatoms. The summed E-state index contributed by atoms with van der Waals surface area (Å²) >= 11 is 0. The Labute approximate surface area is 198 Å². The molecule has 172 valence electrons. The molecular weight excluding hydrogens is 428 g/mol. The fourth-order valence-electron chi connectivity index (χ4n) is 3.91. The number of para-hydroxylation sites is 1. The van der Waals surface area contributed by atoms with Gasteiger partial charge in [0.1, 0.15) is 11.5 Å². The smallest absolute Gasteiger partial charge is 0.251 e. The monoisotopic (exact) mass is 454 g/mol. The quantitative estimate of drug-likeness (QED) is 0.242. The van der Waals surface area contributed by atoms with Gasteiger partial charge in [0, 0.05) is 18.0 Å². The highest BCUT2D eigenvalue weighted by atomic mass is 16.5. The van der Waals surface area contributed by atoms with Gasteiger partial charge >= 0.3 is 0 Å². The largest absolute Gasteiger partial charge is 0.457 e. The van der Waals surface area contributed by atoms with Crippen molar-refractivity contribution in [2.75, 3.05) is 6.54 Å². The van der Waals surface area contributed by atoms with E-state index in [0.29, 0.717) is 30.7 Å². The molecule has 0 fully saturated rings. The van der Waals surface area contributed by atoms with Crippen LogP contribution < -0.4 is 15.5 Å². The van der Waals surface area contributed by atoms with Crippen molar-refractivity contribution in [3.05, 3.63) is 108 Å². The summed E-state index contributed by atoms with van der Waals surface area (Å²) in [5.41, 5.74) is 3.28. The van der Waals surface area contributed by atoms with Gasteiger partial charge in [-0.1, -0.05) is 60.7 Å². The van der Waals surface area contributed by atoms with Crippen molar-refractivity contribution in [1.29, 1.82) is 0 Å². The average Bonchev–Trinajstić information content (AvgIpc) is 2.88. The lowest BCUT2D eigenvalue weighted by Crippen LogP contribution is -2.33. The minimum atomic E-state index is -0.488. The standard InChI is InChI=1S/C28H26N2O4/c31-27(21-13-15-25(16-14-21)34-24-10-2-1-3-11-24)29-18-17-23(28(32)30-33)19-22-9-6-8-20-7-4-5-12-26(20)22/h1-16,23,33H,17-19H2,(H,29,31)(H,30,32). The van der Waals surface area contributed by atoms with Crippen LogP contribution in [0.3, 0.4) is 0 Å². The fraction of sp³-hybridized carbons (Fsp3) is 0.143. The Kier molecular flexibility index (Phi) is 7.53. The van der Waals surface area contributed by atoms with Crippen molar-refractivity contribution < 1.29 is 19.5 Å². The summed E-state index contributed by atoms with van der Waals surface area (Å²) in [6.07, 6.45) is 0.839. The van der Waals surface area contributed by atoms with Gasteiger partial charge in [-0.05, 0) is 65.6 Å². The van der Waals surface area contributed by atoms with E-state index in [1.807, 2.05) is 72.8 Å². The molecule has 0 spiro atoms. The van der Waals surface area contributed by atoms with Gasteiger partial charge in [-0.2, -0.15) is 0 Å². The van der Waals surface area contributed by atoms with Gasteiger partial charge in [0.15, 0.2) is 0 Å². The van der Waals surface area contributed by atoms with E-state index in [0.717, 1.165) is 22.1 Å². The van der Waals surface area contributed by atoms with Gasteiger partial charge in [-0.15, -0.1) is 0 Å². The maximum atomic E-state index is 12.6. The van der Waals surface area contributed by atoms with Crippen LogP contribution in [-0.2, 0) is 11.2 Å². The summed E-state index contributed by atoms with van der Waals surface area (Å²) in [5, 5.41) is 14.2.